The largest absolute Gasteiger partial charge is 0.493 e. The molecule has 3 nitrogen and oxygen atoms in total. The van der Waals surface area contributed by atoms with Crippen molar-refractivity contribution in [1.82, 2.24) is 4.98 Å². The molecule has 1 aromatic heterocycles. The Morgan fingerprint density at radius 1 is 1.21 bits per heavy atom. The molecule has 78 valence electrons. The van der Waals surface area contributed by atoms with Crippen LogP contribution in [0.3, 0.4) is 0 Å². The Bertz CT molecular complexity index is 266. The lowest BCUT2D eigenvalue weighted by Crippen LogP contribution is -2.03. The topological polar surface area (TPSA) is 48.1 Å². The van der Waals surface area contributed by atoms with Gasteiger partial charge in [0, 0.05) is 23.5 Å². The summed E-state index contributed by atoms with van der Waals surface area (Å²) in [5.41, 5.74) is 7.39. The molecular weight excluding hydrogens is 176 g/mol. The summed E-state index contributed by atoms with van der Waals surface area (Å²) in [5.74, 6) is 0.909. The molecule has 3 heteroatoms. The standard InChI is InChI=1S/C11H18N2O/c1-9-7-11(8-10(2)13-9)14-6-4-3-5-12/h7-8H,3-6,12H2,1-2H3. The van der Waals surface area contributed by atoms with Gasteiger partial charge in [0.2, 0.25) is 0 Å². The number of hydrogen-bond acceptors (Lipinski definition) is 3. The summed E-state index contributed by atoms with van der Waals surface area (Å²) in [6.45, 7) is 5.41. The van der Waals surface area contributed by atoms with Crippen molar-refractivity contribution in [3.8, 4) is 5.75 Å². The van der Waals surface area contributed by atoms with Crippen LogP contribution in [0.15, 0.2) is 12.1 Å². The van der Waals surface area contributed by atoms with E-state index in [-0.39, 0.29) is 0 Å². The van der Waals surface area contributed by atoms with Gasteiger partial charge in [0.15, 0.2) is 0 Å². The highest BCUT2D eigenvalue weighted by atomic mass is 16.5. The first-order chi connectivity index (χ1) is 6.72. The van der Waals surface area contributed by atoms with Gasteiger partial charge in [0.1, 0.15) is 5.75 Å². The molecule has 1 heterocycles. The van der Waals surface area contributed by atoms with Crippen molar-refractivity contribution in [3.05, 3.63) is 23.5 Å². The molecule has 0 fully saturated rings. The number of hydrogen-bond donors (Lipinski definition) is 1. The maximum Gasteiger partial charge on any atom is 0.122 e. The maximum absolute atomic E-state index is 5.57. The van der Waals surface area contributed by atoms with Crippen molar-refractivity contribution in [3.63, 3.8) is 0 Å². The number of aryl methyl sites for hydroxylation is 2. The molecule has 0 aliphatic rings. The summed E-state index contributed by atoms with van der Waals surface area (Å²) in [6.07, 6.45) is 2.03. The minimum Gasteiger partial charge on any atom is -0.493 e. The van der Waals surface area contributed by atoms with Gasteiger partial charge in [-0.25, -0.2) is 0 Å². The van der Waals surface area contributed by atoms with Gasteiger partial charge in [-0.3, -0.25) is 4.98 Å². The van der Waals surface area contributed by atoms with Crippen molar-refractivity contribution >= 4 is 0 Å². The molecule has 2 N–H and O–H groups in total. The molecule has 1 aromatic rings. The fourth-order valence-electron chi connectivity index (χ4n) is 1.32. The van der Waals surface area contributed by atoms with E-state index in [9.17, 15) is 0 Å². The third-order valence-corrected chi connectivity index (χ3v) is 1.92. The van der Waals surface area contributed by atoms with E-state index in [1.807, 2.05) is 26.0 Å². The Hall–Kier alpha value is -1.09. The molecule has 0 saturated carbocycles. The third-order valence-electron chi connectivity index (χ3n) is 1.92. The first-order valence-corrected chi connectivity index (χ1v) is 5.00. The van der Waals surface area contributed by atoms with Crippen molar-refractivity contribution < 1.29 is 4.74 Å². The van der Waals surface area contributed by atoms with Gasteiger partial charge >= 0.3 is 0 Å². The molecule has 0 amide bonds. The Morgan fingerprint density at radius 3 is 2.43 bits per heavy atom. The van der Waals surface area contributed by atoms with Crippen LogP contribution in [-0.2, 0) is 0 Å². The number of ether oxygens (including phenoxy) is 1. The molecular formula is C11H18N2O. The molecule has 0 radical (unpaired) electrons. The van der Waals surface area contributed by atoms with E-state index < -0.39 is 0 Å². The molecule has 0 spiro atoms. The van der Waals surface area contributed by atoms with Gasteiger partial charge in [-0.05, 0) is 33.2 Å². The fraction of sp³-hybridized carbons (Fsp3) is 0.545. The predicted molar refractivity (Wildman–Crippen MR) is 57.5 cm³/mol. The summed E-state index contributed by atoms with van der Waals surface area (Å²) in [4.78, 5) is 4.28. The lowest BCUT2D eigenvalue weighted by Gasteiger charge is -2.06. The second-order valence-corrected chi connectivity index (χ2v) is 3.43. The monoisotopic (exact) mass is 194 g/mol. The van der Waals surface area contributed by atoms with Crippen LogP contribution in [0.2, 0.25) is 0 Å². The van der Waals surface area contributed by atoms with Crippen LogP contribution in [0.5, 0.6) is 5.75 Å². The number of aromatic nitrogens is 1. The first-order valence-electron chi connectivity index (χ1n) is 5.00. The number of nitrogens with two attached hydrogens (primary N) is 1. The first kappa shape index (κ1) is 11.0. The Balaban J connectivity index is 2.42. The molecule has 14 heavy (non-hydrogen) atoms. The van der Waals surface area contributed by atoms with Gasteiger partial charge in [0.25, 0.3) is 0 Å². The molecule has 0 aliphatic heterocycles. The van der Waals surface area contributed by atoms with E-state index in [4.69, 9.17) is 10.5 Å². The quantitative estimate of drug-likeness (QED) is 0.727. The molecule has 0 saturated heterocycles. The average Bonchev–Trinajstić information content (AvgIpc) is 2.11. The zero-order valence-electron chi connectivity index (χ0n) is 8.92. The van der Waals surface area contributed by atoms with E-state index in [1.54, 1.807) is 0 Å². The number of nitrogens with zero attached hydrogens (tertiary/aromatic N) is 1. The van der Waals surface area contributed by atoms with E-state index in [0.717, 1.165) is 43.1 Å². The molecule has 1 rings (SSSR count). The molecule has 0 unspecified atom stereocenters. The molecule has 0 aromatic carbocycles. The number of unbranched alkanes of at least 4 members (excludes halogenated alkanes) is 1. The predicted octanol–water partition coefficient (Wildman–Crippen LogP) is 1.82. The summed E-state index contributed by atoms with van der Waals surface area (Å²) < 4.78 is 5.57. The van der Waals surface area contributed by atoms with Crippen LogP contribution in [0, 0.1) is 13.8 Å². The van der Waals surface area contributed by atoms with E-state index in [2.05, 4.69) is 4.98 Å². The smallest absolute Gasteiger partial charge is 0.122 e. The lowest BCUT2D eigenvalue weighted by atomic mass is 10.3. The summed E-state index contributed by atoms with van der Waals surface area (Å²) in [7, 11) is 0. The van der Waals surface area contributed by atoms with Crippen LogP contribution in [0.1, 0.15) is 24.2 Å². The minimum absolute atomic E-state index is 0.734. The maximum atomic E-state index is 5.57. The summed E-state index contributed by atoms with van der Waals surface area (Å²) in [6, 6.07) is 3.91. The van der Waals surface area contributed by atoms with Crippen molar-refractivity contribution in [2.24, 2.45) is 5.73 Å². The minimum atomic E-state index is 0.734. The van der Waals surface area contributed by atoms with E-state index >= 15 is 0 Å². The fourth-order valence-corrected chi connectivity index (χ4v) is 1.32. The van der Waals surface area contributed by atoms with Crippen LogP contribution < -0.4 is 10.5 Å². The Labute approximate surface area is 85.3 Å². The lowest BCUT2D eigenvalue weighted by molar-refractivity contribution is 0.307. The van der Waals surface area contributed by atoms with Crippen LogP contribution in [-0.4, -0.2) is 18.1 Å². The summed E-state index contributed by atoms with van der Waals surface area (Å²) in [5, 5.41) is 0. The summed E-state index contributed by atoms with van der Waals surface area (Å²) >= 11 is 0. The van der Waals surface area contributed by atoms with Gasteiger partial charge in [-0.15, -0.1) is 0 Å². The second-order valence-electron chi connectivity index (χ2n) is 3.43. The average molecular weight is 194 g/mol. The zero-order chi connectivity index (χ0) is 10.4. The van der Waals surface area contributed by atoms with E-state index in [1.165, 1.54) is 0 Å². The SMILES string of the molecule is Cc1cc(OCCCCN)cc(C)n1. The van der Waals surface area contributed by atoms with Gasteiger partial charge < -0.3 is 10.5 Å². The van der Waals surface area contributed by atoms with Gasteiger partial charge in [-0.2, -0.15) is 0 Å². The normalized spacial score (nSPS) is 10.2. The van der Waals surface area contributed by atoms with E-state index in [0.29, 0.717) is 0 Å². The van der Waals surface area contributed by atoms with Crippen LogP contribution in [0.25, 0.3) is 0 Å². The number of rotatable bonds is 5. The van der Waals surface area contributed by atoms with Crippen LogP contribution in [0.4, 0.5) is 0 Å². The molecule has 0 bridgehead atoms. The highest BCUT2D eigenvalue weighted by Crippen LogP contribution is 2.13. The Morgan fingerprint density at radius 2 is 1.86 bits per heavy atom. The van der Waals surface area contributed by atoms with Crippen molar-refractivity contribution in [2.45, 2.75) is 26.7 Å². The van der Waals surface area contributed by atoms with Gasteiger partial charge in [-0.1, -0.05) is 0 Å². The number of pyridine rings is 1. The van der Waals surface area contributed by atoms with Gasteiger partial charge in [0.05, 0.1) is 6.61 Å². The third kappa shape index (κ3) is 3.75. The van der Waals surface area contributed by atoms with Crippen LogP contribution >= 0.6 is 0 Å². The van der Waals surface area contributed by atoms with Crippen molar-refractivity contribution in [2.75, 3.05) is 13.2 Å². The highest BCUT2D eigenvalue weighted by molar-refractivity contribution is 5.25. The molecule has 0 atom stereocenters. The highest BCUT2D eigenvalue weighted by Gasteiger charge is 1.97. The second kappa shape index (κ2) is 5.60. The van der Waals surface area contributed by atoms with Crippen molar-refractivity contribution in [1.29, 1.82) is 0 Å². The zero-order valence-corrected chi connectivity index (χ0v) is 8.92. The Kier molecular flexibility index (Phi) is 4.40. The molecule has 0 aliphatic carbocycles.